The minimum absolute atomic E-state index is 0.243. The van der Waals surface area contributed by atoms with Gasteiger partial charge in [-0.3, -0.25) is 4.79 Å². The summed E-state index contributed by atoms with van der Waals surface area (Å²) in [5, 5.41) is 16.2. The van der Waals surface area contributed by atoms with Gasteiger partial charge in [-0.2, -0.15) is 0 Å². The summed E-state index contributed by atoms with van der Waals surface area (Å²) in [5.74, 6) is -1.47. The molecule has 17 heavy (non-hydrogen) atoms. The van der Waals surface area contributed by atoms with Crippen LogP contribution in [0.4, 0.5) is 4.39 Å². The normalized spacial score (nSPS) is 10.5. The van der Waals surface area contributed by atoms with Gasteiger partial charge >= 0.3 is 5.97 Å². The third kappa shape index (κ3) is 2.59. The summed E-state index contributed by atoms with van der Waals surface area (Å²) >= 11 is 5.87. The Morgan fingerprint density at radius 1 is 1.53 bits per heavy atom. The van der Waals surface area contributed by atoms with Crippen LogP contribution in [0.25, 0.3) is 5.69 Å². The van der Waals surface area contributed by atoms with Gasteiger partial charge in [0.15, 0.2) is 0 Å². The molecule has 0 unspecified atom stereocenters. The van der Waals surface area contributed by atoms with Crippen molar-refractivity contribution in [3.05, 3.63) is 40.9 Å². The Labute approximate surface area is 100 Å². The van der Waals surface area contributed by atoms with Crippen molar-refractivity contribution < 1.29 is 14.3 Å². The van der Waals surface area contributed by atoms with E-state index in [4.69, 9.17) is 16.7 Å². The first-order chi connectivity index (χ1) is 8.06. The van der Waals surface area contributed by atoms with E-state index in [1.807, 2.05) is 0 Å². The maximum absolute atomic E-state index is 13.0. The largest absolute Gasteiger partial charge is 0.481 e. The summed E-state index contributed by atoms with van der Waals surface area (Å²) in [6.07, 6.45) is 1.15. The zero-order valence-corrected chi connectivity index (χ0v) is 9.23. The predicted octanol–water partition coefficient (Wildman–Crippen LogP) is 1.69. The van der Waals surface area contributed by atoms with Gasteiger partial charge in [-0.05, 0) is 12.1 Å². The van der Waals surface area contributed by atoms with Gasteiger partial charge in [0.25, 0.3) is 0 Å². The lowest BCUT2D eigenvalue weighted by molar-refractivity contribution is -0.136. The van der Waals surface area contributed by atoms with Crippen LogP contribution >= 0.6 is 11.6 Å². The number of nitrogens with zero attached hydrogens (tertiary/aromatic N) is 3. The Morgan fingerprint density at radius 2 is 2.29 bits per heavy atom. The molecule has 7 heteroatoms. The molecule has 0 aliphatic carbocycles. The van der Waals surface area contributed by atoms with E-state index < -0.39 is 11.8 Å². The number of carboxylic acids is 1. The van der Waals surface area contributed by atoms with Crippen molar-refractivity contribution in [2.75, 3.05) is 0 Å². The second-order valence-electron chi connectivity index (χ2n) is 3.32. The SMILES string of the molecule is O=C(O)Cc1cn(-c2cc(F)ccc2Cl)nn1. The quantitative estimate of drug-likeness (QED) is 0.906. The third-order valence-electron chi connectivity index (χ3n) is 2.03. The summed E-state index contributed by atoms with van der Waals surface area (Å²) in [4.78, 5) is 10.5. The number of hydrogen-bond donors (Lipinski definition) is 1. The number of halogens is 2. The molecule has 0 atom stereocenters. The van der Waals surface area contributed by atoms with Crippen LogP contribution in [-0.2, 0) is 11.2 Å². The van der Waals surface area contributed by atoms with Crippen LogP contribution in [0.3, 0.4) is 0 Å². The Kier molecular flexibility index (Phi) is 3.06. The monoisotopic (exact) mass is 255 g/mol. The maximum atomic E-state index is 13.0. The fourth-order valence-electron chi connectivity index (χ4n) is 1.31. The highest BCUT2D eigenvalue weighted by Crippen LogP contribution is 2.20. The molecule has 1 aromatic carbocycles. The van der Waals surface area contributed by atoms with Gasteiger partial charge in [0.2, 0.25) is 0 Å². The minimum atomic E-state index is -1.01. The summed E-state index contributed by atoms with van der Waals surface area (Å²) in [7, 11) is 0. The summed E-state index contributed by atoms with van der Waals surface area (Å²) in [6.45, 7) is 0. The molecule has 0 saturated carbocycles. The molecule has 0 saturated heterocycles. The zero-order chi connectivity index (χ0) is 12.4. The van der Waals surface area contributed by atoms with Crippen LogP contribution < -0.4 is 0 Å². The van der Waals surface area contributed by atoms with E-state index >= 15 is 0 Å². The van der Waals surface area contributed by atoms with Gasteiger partial charge < -0.3 is 5.11 Å². The number of carbonyl (C=O) groups is 1. The summed E-state index contributed by atoms with van der Waals surface area (Å²) in [5.41, 5.74) is 0.591. The van der Waals surface area contributed by atoms with Crippen LogP contribution in [0.1, 0.15) is 5.69 Å². The van der Waals surface area contributed by atoms with E-state index in [0.29, 0.717) is 10.7 Å². The van der Waals surface area contributed by atoms with Gasteiger partial charge in [-0.1, -0.05) is 16.8 Å². The van der Waals surface area contributed by atoms with Crippen LogP contribution in [0.15, 0.2) is 24.4 Å². The van der Waals surface area contributed by atoms with Gasteiger partial charge in [-0.15, -0.1) is 5.10 Å². The highest BCUT2D eigenvalue weighted by atomic mass is 35.5. The first kappa shape index (κ1) is 11.5. The molecule has 0 amide bonds. The van der Waals surface area contributed by atoms with Gasteiger partial charge in [-0.25, -0.2) is 9.07 Å². The molecule has 88 valence electrons. The number of aliphatic carboxylic acids is 1. The van der Waals surface area contributed by atoms with E-state index in [1.54, 1.807) is 0 Å². The molecule has 0 aliphatic heterocycles. The van der Waals surface area contributed by atoms with Crippen LogP contribution in [0.5, 0.6) is 0 Å². The molecule has 0 bridgehead atoms. The lowest BCUT2D eigenvalue weighted by atomic mass is 10.3. The second kappa shape index (κ2) is 4.50. The average molecular weight is 256 g/mol. The highest BCUT2D eigenvalue weighted by molar-refractivity contribution is 6.32. The molecule has 0 spiro atoms. The molecule has 0 fully saturated rings. The molecular weight excluding hydrogens is 249 g/mol. The second-order valence-corrected chi connectivity index (χ2v) is 3.73. The maximum Gasteiger partial charge on any atom is 0.309 e. The van der Waals surface area contributed by atoms with Crippen molar-refractivity contribution in [3.63, 3.8) is 0 Å². The first-order valence-electron chi connectivity index (χ1n) is 4.64. The van der Waals surface area contributed by atoms with Gasteiger partial charge in [0.1, 0.15) is 5.82 Å². The molecule has 0 aliphatic rings. The Bertz CT molecular complexity index is 570. The van der Waals surface area contributed by atoms with E-state index in [9.17, 15) is 9.18 Å². The predicted molar refractivity (Wildman–Crippen MR) is 57.7 cm³/mol. The smallest absolute Gasteiger partial charge is 0.309 e. The van der Waals surface area contributed by atoms with Crippen molar-refractivity contribution in [3.8, 4) is 5.69 Å². The molecule has 2 rings (SSSR count). The van der Waals surface area contributed by atoms with Crippen molar-refractivity contribution >= 4 is 17.6 Å². The van der Waals surface area contributed by atoms with E-state index in [2.05, 4.69) is 10.3 Å². The Balaban J connectivity index is 2.36. The number of rotatable bonds is 3. The van der Waals surface area contributed by atoms with Crippen molar-refractivity contribution in [2.45, 2.75) is 6.42 Å². The van der Waals surface area contributed by atoms with Crippen molar-refractivity contribution in [1.29, 1.82) is 0 Å². The molecule has 5 nitrogen and oxygen atoms in total. The molecule has 2 aromatic rings. The lowest BCUT2D eigenvalue weighted by Crippen LogP contribution is -2.00. The molecule has 0 radical (unpaired) electrons. The van der Waals surface area contributed by atoms with E-state index in [1.165, 1.54) is 29.1 Å². The first-order valence-corrected chi connectivity index (χ1v) is 5.02. The van der Waals surface area contributed by atoms with Gasteiger partial charge in [0, 0.05) is 6.07 Å². The fraction of sp³-hybridized carbons (Fsp3) is 0.100. The molecule has 1 aromatic heterocycles. The standard InChI is InChI=1S/C10H7ClFN3O2/c11-8-2-1-6(12)3-9(8)15-5-7(13-14-15)4-10(16)17/h1-3,5H,4H2,(H,16,17). The fourth-order valence-corrected chi connectivity index (χ4v) is 1.52. The third-order valence-corrected chi connectivity index (χ3v) is 2.35. The van der Waals surface area contributed by atoms with E-state index in [0.717, 1.165) is 0 Å². The number of hydrogen-bond acceptors (Lipinski definition) is 3. The minimum Gasteiger partial charge on any atom is -0.481 e. The number of benzene rings is 1. The highest BCUT2D eigenvalue weighted by Gasteiger charge is 2.09. The van der Waals surface area contributed by atoms with Crippen LogP contribution in [0, 0.1) is 5.82 Å². The molecular formula is C10H7ClFN3O2. The lowest BCUT2D eigenvalue weighted by Gasteiger charge is -2.02. The summed E-state index contributed by atoms with van der Waals surface area (Å²) in [6, 6.07) is 3.81. The zero-order valence-electron chi connectivity index (χ0n) is 8.47. The Hall–Kier alpha value is -1.95. The van der Waals surface area contributed by atoms with E-state index in [-0.39, 0.29) is 12.1 Å². The number of carboxylic acid groups (broad SMARTS) is 1. The molecule has 1 N–H and O–H groups in total. The van der Waals surface area contributed by atoms with Crippen molar-refractivity contribution in [1.82, 2.24) is 15.0 Å². The van der Waals surface area contributed by atoms with Crippen molar-refractivity contribution in [2.24, 2.45) is 0 Å². The number of aromatic nitrogens is 3. The summed E-state index contributed by atoms with van der Waals surface area (Å²) < 4.78 is 14.3. The van der Waals surface area contributed by atoms with Gasteiger partial charge in [0.05, 0.1) is 29.0 Å². The molecule has 1 heterocycles. The Morgan fingerprint density at radius 3 is 3.00 bits per heavy atom. The topological polar surface area (TPSA) is 68.0 Å². The van der Waals surface area contributed by atoms with Crippen LogP contribution in [0.2, 0.25) is 5.02 Å². The average Bonchev–Trinajstić information content (AvgIpc) is 2.69. The van der Waals surface area contributed by atoms with Crippen LogP contribution in [-0.4, -0.2) is 26.1 Å².